The molecule has 0 aliphatic carbocycles. The van der Waals surface area contributed by atoms with Crippen LogP contribution in [0.25, 0.3) is 21.3 Å². The number of thiazole rings is 1. The van der Waals surface area contributed by atoms with Gasteiger partial charge in [0, 0.05) is 41.7 Å². The summed E-state index contributed by atoms with van der Waals surface area (Å²) in [6.45, 7) is 2.56. The van der Waals surface area contributed by atoms with Gasteiger partial charge in [-0.15, -0.1) is 0 Å². The molecule has 0 atom stereocenters. The second-order valence-corrected chi connectivity index (χ2v) is 9.27. The third-order valence-corrected chi connectivity index (χ3v) is 6.75. The van der Waals surface area contributed by atoms with Crippen molar-refractivity contribution in [3.8, 4) is 16.9 Å². The molecule has 4 aromatic rings. The van der Waals surface area contributed by atoms with Gasteiger partial charge >= 0.3 is 0 Å². The van der Waals surface area contributed by atoms with Crippen molar-refractivity contribution in [3.63, 3.8) is 0 Å². The third kappa shape index (κ3) is 4.20. The van der Waals surface area contributed by atoms with Gasteiger partial charge in [-0.3, -0.25) is 19.9 Å². The van der Waals surface area contributed by atoms with Crippen LogP contribution in [0.2, 0.25) is 5.15 Å². The maximum atomic E-state index is 13.3. The van der Waals surface area contributed by atoms with Crippen LogP contribution in [0.4, 0.5) is 10.8 Å². The van der Waals surface area contributed by atoms with Gasteiger partial charge in [-0.1, -0.05) is 22.9 Å². The molecule has 1 saturated heterocycles. The zero-order valence-electron chi connectivity index (χ0n) is 18.5. The number of carbonyl (C=O) groups excluding carboxylic acids is 2. The molecule has 0 radical (unpaired) electrons. The van der Waals surface area contributed by atoms with E-state index in [1.54, 1.807) is 17.0 Å². The van der Waals surface area contributed by atoms with E-state index >= 15 is 0 Å². The van der Waals surface area contributed by atoms with E-state index in [1.165, 1.54) is 30.8 Å². The van der Waals surface area contributed by atoms with Crippen LogP contribution < -0.4 is 15.0 Å². The van der Waals surface area contributed by atoms with E-state index in [1.807, 2.05) is 25.1 Å². The summed E-state index contributed by atoms with van der Waals surface area (Å²) in [5.74, 6) is 0.267. The fourth-order valence-electron chi connectivity index (χ4n) is 3.97. The number of hydrogen-bond acceptors (Lipinski definition) is 7. The lowest BCUT2D eigenvalue weighted by atomic mass is 10.0. The quantitative estimate of drug-likeness (QED) is 0.388. The van der Waals surface area contributed by atoms with Gasteiger partial charge in [-0.05, 0) is 43.7 Å². The van der Waals surface area contributed by atoms with Crippen LogP contribution in [0.5, 0.6) is 5.75 Å². The molecule has 0 unspecified atom stereocenters. The number of benzene rings is 1. The Morgan fingerprint density at radius 2 is 2.03 bits per heavy atom. The Morgan fingerprint density at radius 3 is 2.79 bits per heavy atom. The second-order valence-electron chi connectivity index (χ2n) is 7.85. The van der Waals surface area contributed by atoms with Crippen molar-refractivity contribution in [2.45, 2.75) is 19.8 Å². The largest absolute Gasteiger partial charge is 0.494 e. The normalized spacial score (nSPS) is 13.5. The van der Waals surface area contributed by atoms with Gasteiger partial charge in [-0.2, -0.15) is 0 Å². The lowest BCUT2D eigenvalue weighted by Gasteiger charge is -2.15. The fourth-order valence-corrected chi connectivity index (χ4v) is 5.03. The minimum atomic E-state index is -0.355. The second kappa shape index (κ2) is 9.00. The monoisotopic (exact) mass is 493 g/mol. The number of nitrogens with one attached hydrogen (secondary N) is 1. The molecule has 1 aliphatic heterocycles. The van der Waals surface area contributed by atoms with Crippen LogP contribution >= 0.6 is 22.9 Å². The highest BCUT2D eigenvalue weighted by molar-refractivity contribution is 7.22. The Kier molecular flexibility index (Phi) is 5.89. The van der Waals surface area contributed by atoms with Gasteiger partial charge in [0.25, 0.3) is 5.91 Å². The first kappa shape index (κ1) is 22.2. The lowest BCUT2D eigenvalue weighted by Crippen LogP contribution is -2.23. The first-order chi connectivity index (χ1) is 16.4. The average molecular weight is 494 g/mol. The molecular weight excluding hydrogens is 474 g/mol. The molecule has 0 spiro atoms. The molecule has 5 rings (SSSR count). The van der Waals surface area contributed by atoms with E-state index < -0.39 is 0 Å². The van der Waals surface area contributed by atoms with Crippen LogP contribution in [-0.4, -0.2) is 40.4 Å². The van der Waals surface area contributed by atoms with Gasteiger partial charge in [0.1, 0.15) is 10.9 Å². The summed E-state index contributed by atoms with van der Waals surface area (Å²) in [6.07, 6.45) is 4.48. The zero-order valence-corrected chi connectivity index (χ0v) is 20.0. The van der Waals surface area contributed by atoms with Crippen LogP contribution in [0.1, 0.15) is 28.9 Å². The molecule has 2 amide bonds. The highest BCUT2D eigenvalue weighted by Gasteiger charge is 2.23. The number of carbonyl (C=O) groups is 2. The Balaban J connectivity index is 1.47. The molecule has 0 saturated carbocycles. The van der Waals surface area contributed by atoms with Gasteiger partial charge < -0.3 is 9.64 Å². The van der Waals surface area contributed by atoms with Crippen molar-refractivity contribution in [1.29, 1.82) is 0 Å². The number of ether oxygens (including phenoxy) is 1. The van der Waals surface area contributed by atoms with Gasteiger partial charge in [-0.25, -0.2) is 9.97 Å². The summed E-state index contributed by atoms with van der Waals surface area (Å²) >= 11 is 7.48. The van der Waals surface area contributed by atoms with E-state index in [9.17, 15) is 9.59 Å². The van der Waals surface area contributed by atoms with Crippen molar-refractivity contribution in [1.82, 2.24) is 15.0 Å². The number of amides is 2. The van der Waals surface area contributed by atoms with Crippen molar-refractivity contribution < 1.29 is 14.3 Å². The molecule has 3 aromatic heterocycles. The van der Waals surface area contributed by atoms with Gasteiger partial charge in [0.2, 0.25) is 5.91 Å². The molecule has 8 nitrogen and oxygen atoms in total. The molecule has 1 fully saturated rings. The van der Waals surface area contributed by atoms with Crippen molar-refractivity contribution in [2.24, 2.45) is 0 Å². The van der Waals surface area contributed by atoms with E-state index in [4.69, 9.17) is 16.3 Å². The first-order valence-corrected chi connectivity index (χ1v) is 11.8. The van der Waals surface area contributed by atoms with Gasteiger partial charge in [0.15, 0.2) is 5.13 Å². The van der Waals surface area contributed by atoms with Crippen LogP contribution in [0.15, 0.2) is 42.7 Å². The average Bonchev–Trinajstić information content (AvgIpc) is 3.43. The van der Waals surface area contributed by atoms with E-state index in [0.717, 1.165) is 34.6 Å². The Bertz CT molecular complexity index is 1440. The molecule has 34 heavy (non-hydrogen) atoms. The smallest absolute Gasteiger partial charge is 0.259 e. The number of anilines is 2. The van der Waals surface area contributed by atoms with Crippen molar-refractivity contribution in [3.05, 3.63) is 59.1 Å². The number of hydrogen-bond donors (Lipinski definition) is 1. The maximum absolute atomic E-state index is 13.3. The molecule has 1 aliphatic rings. The van der Waals surface area contributed by atoms with Gasteiger partial charge in [0.05, 0.1) is 29.1 Å². The Morgan fingerprint density at radius 1 is 1.18 bits per heavy atom. The van der Waals surface area contributed by atoms with E-state index in [0.29, 0.717) is 34.0 Å². The minimum absolute atomic E-state index is 0.128. The summed E-state index contributed by atoms with van der Waals surface area (Å²) in [5, 5.41) is 3.63. The third-order valence-electron chi connectivity index (χ3n) is 5.61. The summed E-state index contributed by atoms with van der Waals surface area (Å²) in [6, 6.07) is 9.16. The number of aromatic nitrogens is 3. The number of fused-ring (bicyclic) bond motifs is 1. The fraction of sp³-hybridized carbons (Fsp3) is 0.208. The number of halogens is 1. The molecule has 1 aromatic carbocycles. The molecular formula is C24H20ClN5O3S. The van der Waals surface area contributed by atoms with E-state index in [2.05, 4.69) is 20.3 Å². The van der Waals surface area contributed by atoms with Crippen LogP contribution in [-0.2, 0) is 4.79 Å². The molecule has 1 N–H and O–H groups in total. The summed E-state index contributed by atoms with van der Waals surface area (Å²) < 4.78 is 6.32. The predicted molar refractivity (Wildman–Crippen MR) is 133 cm³/mol. The standard InChI is InChI=1S/C24H20ClN5O3S/c1-13-8-15(16-10-21(25)27-12-19(16)33-2)17(11-26-13)23(32)29-24-28-18-6-5-14(9-20(18)34-24)30-7-3-4-22(30)31/h5-6,8-12H,3-4,7H2,1-2H3,(H,28,29,32). The SMILES string of the molecule is COc1cnc(Cl)cc1-c1cc(C)ncc1C(=O)Nc1nc2ccc(N3CCCC3=O)cc2s1. The Hall–Kier alpha value is -3.56. The van der Waals surface area contributed by atoms with Crippen LogP contribution in [0, 0.1) is 6.92 Å². The Labute approximate surface area is 204 Å². The minimum Gasteiger partial charge on any atom is -0.494 e. The molecule has 172 valence electrons. The first-order valence-electron chi connectivity index (χ1n) is 10.6. The van der Waals surface area contributed by atoms with Crippen LogP contribution in [0.3, 0.4) is 0 Å². The molecule has 0 bridgehead atoms. The highest BCUT2D eigenvalue weighted by atomic mass is 35.5. The zero-order chi connectivity index (χ0) is 23.8. The lowest BCUT2D eigenvalue weighted by molar-refractivity contribution is -0.117. The molecule has 4 heterocycles. The number of pyridine rings is 2. The summed E-state index contributed by atoms with van der Waals surface area (Å²) in [5.41, 5.74) is 3.97. The van der Waals surface area contributed by atoms with Crippen molar-refractivity contribution in [2.75, 3.05) is 23.9 Å². The van der Waals surface area contributed by atoms with E-state index in [-0.39, 0.29) is 17.0 Å². The van der Waals surface area contributed by atoms with Crippen molar-refractivity contribution >= 4 is 55.8 Å². The number of aryl methyl sites for hydroxylation is 1. The number of nitrogens with zero attached hydrogens (tertiary/aromatic N) is 4. The number of rotatable bonds is 5. The molecule has 10 heteroatoms. The summed E-state index contributed by atoms with van der Waals surface area (Å²) in [4.78, 5) is 40.1. The topological polar surface area (TPSA) is 97.3 Å². The predicted octanol–water partition coefficient (Wildman–Crippen LogP) is 5.10. The summed E-state index contributed by atoms with van der Waals surface area (Å²) in [7, 11) is 1.54. The maximum Gasteiger partial charge on any atom is 0.259 e. The number of methoxy groups -OCH3 is 1. The highest BCUT2D eigenvalue weighted by Crippen LogP contribution is 2.35.